The maximum absolute atomic E-state index is 12.3. The summed E-state index contributed by atoms with van der Waals surface area (Å²) < 4.78 is 0. The molecule has 0 bridgehead atoms. The van der Waals surface area contributed by atoms with Crippen LogP contribution in [0.5, 0.6) is 0 Å². The van der Waals surface area contributed by atoms with Gasteiger partial charge in [-0.15, -0.1) is 0 Å². The van der Waals surface area contributed by atoms with Crippen LogP contribution in [0.15, 0.2) is 72.8 Å². The van der Waals surface area contributed by atoms with Gasteiger partial charge in [-0.1, -0.05) is 17.7 Å². The summed E-state index contributed by atoms with van der Waals surface area (Å²) in [4.78, 5) is 14.4. The molecule has 4 heteroatoms. The first kappa shape index (κ1) is 17.5. The number of hydrogen-bond donors (Lipinski definition) is 2. The number of aryl methyl sites for hydroxylation is 1. The molecule has 0 spiro atoms. The van der Waals surface area contributed by atoms with Gasteiger partial charge in [-0.2, -0.15) is 0 Å². The fourth-order valence-electron chi connectivity index (χ4n) is 2.64. The molecule has 0 saturated heterocycles. The van der Waals surface area contributed by atoms with E-state index in [9.17, 15) is 4.79 Å². The minimum absolute atomic E-state index is 0.103. The highest BCUT2D eigenvalue weighted by atomic mass is 16.1. The van der Waals surface area contributed by atoms with E-state index in [1.165, 1.54) is 0 Å². The van der Waals surface area contributed by atoms with Gasteiger partial charge < -0.3 is 15.5 Å². The quantitative estimate of drug-likeness (QED) is 0.679. The lowest BCUT2D eigenvalue weighted by Gasteiger charge is -2.13. The number of carbonyl (C=O) groups is 1. The van der Waals surface area contributed by atoms with Gasteiger partial charge in [0.25, 0.3) is 5.91 Å². The fourth-order valence-corrected chi connectivity index (χ4v) is 2.64. The molecule has 0 radical (unpaired) electrons. The maximum atomic E-state index is 12.3. The molecule has 3 rings (SSSR count). The number of hydrogen-bond acceptors (Lipinski definition) is 3. The van der Waals surface area contributed by atoms with Gasteiger partial charge in [0.15, 0.2) is 0 Å². The summed E-state index contributed by atoms with van der Waals surface area (Å²) in [5.41, 5.74) is 5.64. The minimum atomic E-state index is -0.103. The van der Waals surface area contributed by atoms with Crippen molar-refractivity contribution in [1.29, 1.82) is 0 Å². The van der Waals surface area contributed by atoms with Crippen LogP contribution < -0.4 is 15.5 Å². The molecule has 0 fully saturated rings. The summed E-state index contributed by atoms with van der Waals surface area (Å²) in [6, 6.07) is 23.5. The van der Waals surface area contributed by atoms with Crippen LogP contribution in [0, 0.1) is 6.92 Å². The van der Waals surface area contributed by atoms with E-state index in [2.05, 4.69) is 27.7 Å². The maximum Gasteiger partial charge on any atom is 0.255 e. The summed E-state index contributed by atoms with van der Waals surface area (Å²) in [6.07, 6.45) is 0. The van der Waals surface area contributed by atoms with Crippen molar-refractivity contribution in [3.8, 4) is 0 Å². The number of carbonyl (C=O) groups excluding carboxylic acids is 1. The highest BCUT2D eigenvalue weighted by Crippen LogP contribution is 2.21. The Morgan fingerprint density at radius 3 is 1.96 bits per heavy atom. The summed E-state index contributed by atoms with van der Waals surface area (Å²) >= 11 is 0. The Hall–Kier alpha value is -3.27. The Kier molecular flexibility index (Phi) is 5.23. The highest BCUT2D eigenvalue weighted by Gasteiger charge is 2.06. The lowest BCUT2D eigenvalue weighted by molar-refractivity contribution is 0.102. The molecule has 2 N–H and O–H groups in total. The molecule has 0 heterocycles. The number of nitrogens with one attached hydrogen (secondary N) is 2. The van der Waals surface area contributed by atoms with E-state index in [0.717, 1.165) is 28.3 Å². The monoisotopic (exact) mass is 345 g/mol. The summed E-state index contributed by atoms with van der Waals surface area (Å²) in [6.45, 7) is 1.97. The minimum Gasteiger partial charge on any atom is -0.378 e. The van der Waals surface area contributed by atoms with Gasteiger partial charge in [0, 0.05) is 42.4 Å². The first-order valence-electron chi connectivity index (χ1n) is 8.54. The van der Waals surface area contributed by atoms with Crippen molar-refractivity contribution in [3.63, 3.8) is 0 Å². The second kappa shape index (κ2) is 7.74. The van der Waals surface area contributed by atoms with Crippen LogP contribution in [0.2, 0.25) is 0 Å². The molecule has 26 heavy (non-hydrogen) atoms. The average molecular weight is 345 g/mol. The summed E-state index contributed by atoms with van der Waals surface area (Å²) in [7, 11) is 4.04. The Morgan fingerprint density at radius 1 is 0.808 bits per heavy atom. The Balaban J connectivity index is 1.64. The van der Waals surface area contributed by atoms with Crippen molar-refractivity contribution in [2.24, 2.45) is 0 Å². The van der Waals surface area contributed by atoms with Crippen molar-refractivity contribution in [1.82, 2.24) is 0 Å². The molecular formula is C22H23N3O. The summed E-state index contributed by atoms with van der Waals surface area (Å²) in [5.74, 6) is -0.103. The van der Waals surface area contributed by atoms with Crippen LogP contribution in [0.1, 0.15) is 15.9 Å². The number of anilines is 4. The van der Waals surface area contributed by atoms with Gasteiger partial charge in [0.2, 0.25) is 0 Å². The van der Waals surface area contributed by atoms with E-state index < -0.39 is 0 Å². The van der Waals surface area contributed by atoms with Gasteiger partial charge in [-0.05, 0) is 67.6 Å². The number of rotatable bonds is 5. The highest BCUT2D eigenvalue weighted by molar-refractivity contribution is 6.04. The molecule has 0 aliphatic heterocycles. The molecule has 0 aliphatic rings. The van der Waals surface area contributed by atoms with E-state index in [4.69, 9.17) is 0 Å². The molecule has 0 saturated carbocycles. The molecule has 3 aromatic rings. The van der Waals surface area contributed by atoms with Gasteiger partial charge in [0.1, 0.15) is 0 Å². The standard InChI is InChI=1S/C22H23N3O/c1-16-5-4-6-17(15-16)22(26)24-20-9-7-18(8-10-20)23-19-11-13-21(14-12-19)25(2)3/h4-15,23H,1-3H3,(H,24,26). The fraction of sp³-hybridized carbons (Fsp3) is 0.136. The van der Waals surface area contributed by atoms with Crippen LogP contribution in [0.3, 0.4) is 0 Å². The molecule has 3 aromatic carbocycles. The van der Waals surface area contributed by atoms with Gasteiger partial charge in [0.05, 0.1) is 0 Å². The molecule has 4 nitrogen and oxygen atoms in total. The molecule has 0 aromatic heterocycles. The van der Waals surface area contributed by atoms with E-state index >= 15 is 0 Å². The van der Waals surface area contributed by atoms with Crippen molar-refractivity contribution < 1.29 is 4.79 Å². The van der Waals surface area contributed by atoms with Crippen LogP contribution in [0.25, 0.3) is 0 Å². The summed E-state index contributed by atoms with van der Waals surface area (Å²) in [5, 5.41) is 6.28. The predicted octanol–water partition coefficient (Wildman–Crippen LogP) is 5.06. The van der Waals surface area contributed by atoms with Gasteiger partial charge in [-0.3, -0.25) is 4.79 Å². The zero-order chi connectivity index (χ0) is 18.5. The first-order valence-corrected chi connectivity index (χ1v) is 8.54. The molecule has 132 valence electrons. The van der Waals surface area contributed by atoms with Crippen molar-refractivity contribution in [2.75, 3.05) is 29.6 Å². The number of benzene rings is 3. The molecule has 0 unspecified atom stereocenters. The van der Waals surface area contributed by atoms with Crippen LogP contribution in [-0.2, 0) is 0 Å². The second-order valence-corrected chi connectivity index (χ2v) is 6.47. The third-order valence-electron chi connectivity index (χ3n) is 4.10. The average Bonchev–Trinajstić information content (AvgIpc) is 2.64. The molecule has 0 atom stereocenters. The van der Waals surface area contributed by atoms with Crippen molar-refractivity contribution in [2.45, 2.75) is 6.92 Å². The largest absolute Gasteiger partial charge is 0.378 e. The molecular weight excluding hydrogens is 322 g/mol. The van der Waals surface area contributed by atoms with Crippen LogP contribution in [0.4, 0.5) is 22.7 Å². The van der Waals surface area contributed by atoms with E-state index in [-0.39, 0.29) is 5.91 Å². The van der Waals surface area contributed by atoms with Crippen molar-refractivity contribution >= 4 is 28.7 Å². The third-order valence-corrected chi connectivity index (χ3v) is 4.10. The van der Waals surface area contributed by atoms with Crippen LogP contribution in [-0.4, -0.2) is 20.0 Å². The SMILES string of the molecule is Cc1cccc(C(=O)Nc2ccc(Nc3ccc(N(C)C)cc3)cc2)c1. The van der Waals surface area contributed by atoms with E-state index in [1.54, 1.807) is 0 Å². The number of nitrogens with zero attached hydrogens (tertiary/aromatic N) is 1. The van der Waals surface area contributed by atoms with Gasteiger partial charge in [-0.25, -0.2) is 0 Å². The second-order valence-electron chi connectivity index (χ2n) is 6.47. The Morgan fingerprint density at radius 2 is 1.38 bits per heavy atom. The Labute approximate surface area is 154 Å². The zero-order valence-electron chi connectivity index (χ0n) is 15.3. The lowest BCUT2D eigenvalue weighted by Crippen LogP contribution is -2.11. The van der Waals surface area contributed by atoms with Crippen molar-refractivity contribution in [3.05, 3.63) is 83.9 Å². The predicted molar refractivity (Wildman–Crippen MR) is 110 cm³/mol. The zero-order valence-corrected chi connectivity index (χ0v) is 15.3. The van der Waals surface area contributed by atoms with E-state index in [0.29, 0.717) is 5.56 Å². The van der Waals surface area contributed by atoms with Crippen LogP contribution >= 0.6 is 0 Å². The lowest BCUT2D eigenvalue weighted by atomic mass is 10.1. The third kappa shape index (κ3) is 4.42. The number of amides is 1. The smallest absolute Gasteiger partial charge is 0.255 e. The molecule has 1 amide bonds. The first-order chi connectivity index (χ1) is 12.5. The Bertz CT molecular complexity index is 884. The normalized spacial score (nSPS) is 10.3. The molecule has 0 aliphatic carbocycles. The van der Waals surface area contributed by atoms with E-state index in [1.807, 2.05) is 81.7 Å². The van der Waals surface area contributed by atoms with Gasteiger partial charge >= 0.3 is 0 Å². The topological polar surface area (TPSA) is 44.4 Å².